The second kappa shape index (κ2) is 7.28. The average molecular weight is 311 g/mol. The van der Waals surface area contributed by atoms with E-state index in [1.807, 2.05) is 6.08 Å². The summed E-state index contributed by atoms with van der Waals surface area (Å²) in [6.07, 6.45) is 3.07. The van der Waals surface area contributed by atoms with Crippen molar-refractivity contribution in [2.24, 2.45) is 0 Å². The highest BCUT2D eigenvalue weighted by Crippen LogP contribution is 2.39. The molecule has 2 rings (SSSR count). The maximum absolute atomic E-state index is 11.6. The first-order valence-corrected chi connectivity index (χ1v) is 7.90. The lowest BCUT2D eigenvalue weighted by Crippen LogP contribution is -2.14. The zero-order chi connectivity index (χ0) is 14.4. The average Bonchev–Trinajstić information content (AvgIpc) is 2.48. The summed E-state index contributed by atoms with van der Waals surface area (Å²) in [4.78, 5) is 13.3. The SMILES string of the molecule is O=C(Nc1ccc(O)cc1)OCC1=CC=C(CO)SS1. The predicted molar refractivity (Wildman–Crippen MR) is 81.5 cm³/mol. The van der Waals surface area contributed by atoms with Gasteiger partial charge in [-0.1, -0.05) is 21.6 Å². The number of hydrogen-bond donors (Lipinski definition) is 3. The minimum atomic E-state index is -0.556. The Morgan fingerprint density at radius 2 is 1.80 bits per heavy atom. The van der Waals surface area contributed by atoms with Gasteiger partial charge in [-0.15, -0.1) is 0 Å². The van der Waals surface area contributed by atoms with E-state index in [1.54, 1.807) is 18.2 Å². The van der Waals surface area contributed by atoms with E-state index in [-0.39, 0.29) is 19.0 Å². The fourth-order valence-corrected chi connectivity index (χ4v) is 3.23. The summed E-state index contributed by atoms with van der Waals surface area (Å²) in [7, 11) is 2.91. The van der Waals surface area contributed by atoms with E-state index in [9.17, 15) is 4.79 Å². The summed E-state index contributed by atoms with van der Waals surface area (Å²) in [5.74, 6) is 0.135. The van der Waals surface area contributed by atoms with Crippen LogP contribution in [0.15, 0.2) is 46.2 Å². The molecular formula is C13H13NO4S2. The molecule has 0 spiro atoms. The van der Waals surface area contributed by atoms with Gasteiger partial charge in [0, 0.05) is 15.5 Å². The molecule has 0 atom stereocenters. The van der Waals surface area contributed by atoms with Crippen LogP contribution in [0.3, 0.4) is 0 Å². The number of allylic oxidation sites excluding steroid dienone is 2. The third-order valence-corrected chi connectivity index (χ3v) is 4.89. The normalized spacial score (nSPS) is 14.2. The molecule has 106 valence electrons. The zero-order valence-electron chi connectivity index (χ0n) is 10.4. The fourth-order valence-electron chi connectivity index (χ4n) is 1.34. The van der Waals surface area contributed by atoms with Gasteiger partial charge >= 0.3 is 6.09 Å². The molecule has 0 aromatic heterocycles. The summed E-state index contributed by atoms with van der Waals surface area (Å²) in [5, 5.41) is 20.6. The van der Waals surface area contributed by atoms with E-state index in [4.69, 9.17) is 14.9 Å². The summed E-state index contributed by atoms with van der Waals surface area (Å²) in [6.45, 7) is 0.195. The molecule has 1 aromatic carbocycles. The number of aromatic hydroxyl groups is 1. The number of amides is 1. The molecule has 1 heterocycles. The minimum Gasteiger partial charge on any atom is -0.508 e. The Labute approximate surface area is 124 Å². The molecule has 0 radical (unpaired) electrons. The first-order chi connectivity index (χ1) is 9.67. The number of benzene rings is 1. The van der Waals surface area contributed by atoms with Gasteiger partial charge in [0.1, 0.15) is 12.4 Å². The summed E-state index contributed by atoms with van der Waals surface area (Å²) in [5.41, 5.74) is 0.551. The van der Waals surface area contributed by atoms with Crippen molar-refractivity contribution in [2.75, 3.05) is 18.5 Å². The summed E-state index contributed by atoms with van der Waals surface area (Å²) < 4.78 is 5.08. The first kappa shape index (κ1) is 14.8. The summed E-state index contributed by atoms with van der Waals surface area (Å²) >= 11 is 0. The van der Waals surface area contributed by atoms with Crippen LogP contribution in [0.2, 0.25) is 0 Å². The maximum Gasteiger partial charge on any atom is 0.411 e. The van der Waals surface area contributed by atoms with Gasteiger partial charge in [0.05, 0.1) is 6.61 Å². The van der Waals surface area contributed by atoms with Crippen LogP contribution in [0, 0.1) is 0 Å². The highest BCUT2D eigenvalue weighted by Gasteiger charge is 2.10. The molecule has 1 aromatic rings. The van der Waals surface area contributed by atoms with Gasteiger partial charge in [-0.25, -0.2) is 4.79 Å². The lowest BCUT2D eigenvalue weighted by atomic mass is 10.3. The highest BCUT2D eigenvalue weighted by atomic mass is 33.1. The van der Waals surface area contributed by atoms with Gasteiger partial charge in [-0.3, -0.25) is 5.32 Å². The number of phenols is 1. The number of aliphatic hydroxyl groups is 1. The predicted octanol–water partition coefficient (Wildman–Crippen LogP) is 3.10. The first-order valence-electron chi connectivity index (χ1n) is 5.75. The number of hydrogen-bond acceptors (Lipinski definition) is 6. The van der Waals surface area contributed by atoms with Crippen LogP contribution in [0.25, 0.3) is 0 Å². The van der Waals surface area contributed by atoms with Crippen LogP contribution < -0.4 is 5.32 Å². The van der Waals surface area contributed by atoms with Crippen LogP contribution in [0.1, 0.15) is 0 Å². The number of rotatable bonds is 4. The number of carbonyl (C=O) groups excluding carboxylic acids is 1. The van der Waals surface area contributed by atoms with Crippen molar-refractivity contribution in [2.45, 2.75) is 0 Å². The van der Waals surface area contributed by atoms with Gasteiger partial charge in [0.2, 0.25) is 0 Å². The van der Waals surface area contributed by atoms with E-state index in [2.05, 4.69) is 5.32 Å². The molecule has 7 heteroatoms. The van der Waals surface area contributed by atoms with Crippen molar-refractivity contribution in [1.82, 2.24) is 0 Å². The lowest BCUT2D eigenvalue weighted by Gasteiger charge is -2.12. The van der Waals surface area contributed by atoms with Crippen molar-refractivity contribution in [1.29, 1.82) is 0 Å². The third kappa shape index (κ3) is 4.52. The molecular weight excluding hydrogens is 298 g/mol. The molecule has 0 fully saturated rings. The minimum absolute atomic E-state index is 0.0175. The van der Waals surface area contributed by atoms with Crippen molar-refractivity contribution >= 4 is 33.4 Å². The van der Waals surface area contributed by atoms with Crippen LogP contribution in [0.5, 0.6) is 5.75 Å². The van der Waals surface area contributed by atoms with Crippen LogP contribution in [-0.4, -0.2) is 29.5 Å². The molecule has 0 aliphatic carbocycles. The number of carbonyl (C=O) groups is 1. The van der Waals surface area contributed by atoms with E-state index in [0.29, 0.717) is 5.69 Å². The van der Waals surface area contributed by atoms with Crippen LogP contribution in [-0.2, 0) is 4.74 Å². The number of aliphatic hydroxyl groups excluding tert-OH is 1. The molecule has 1 aliphatic heterocycles. The van der Waals surface area contributed by atoms with Crippen molar-refractivity contribution in [3.63, 3.8) is 0 Å². The van der Waals surface area contributed by atoms with Gasteiger partial charge in [-0.2, -0.15) is 0 Å². The molecule has 0 saturated heterocycles. The number of nitrogens with one attached hydrogen (secondary N) is 1. The molecule has 5 nitrogen and oxygen atoms in total. The Hall–Kier alpha value is -1.57. The maximum atomic E-state index is 11.6. The molecule has 0 saturated carbocycles. The largest absolute Gasteiger partial charge is 0.508 e. The van der Waals surface area contributed by atoms with Crippen molar-refractivity contribution in [3.8, 4) is 5.75 Å². The second-order valence-electron chi connectivity index (χ2n) is 3.84. The zero-order valence-corrected chi connectivity index (χ0v) is 12.0. The number of anilines is 1. The van der Waals surface area contributed by atoms with Crippen molar-refractivity contribution < 1.29 is 19.7 Å². The topological polar surface area (TPSA) is 78.8 Å². The molecule has 1 amide bonds. The molecule has 1 aliphatic rings. The standard InChI is InChI=1S/C13H13NO4S2/c15-7-11-5-6-12(20-19-11)8-18-13(17)14-9-1-3-10(16)4-2-9/h1-6,15-16H,7-8H2,(H,14,17). The van der Waals surface area contributed by atoms with Gasteiger partial charge in [0.15, 0.2) is 0 Å². The Kier molecular flexibility index (Phi) is 5.40. The Bertz CT molecular complexity index is 540. The third-order valence-electron chi connectivity index (χ3n) is 2.33. The van der Waals surface area contributed by atoms with Gasteiger partial charge < -0.3 is 14.9 Å². The Morgan fingerprint density at radius 3 is 2.40 bits per heavy atom. The molecule has 0 unspecified atom stereocenters. The molecule has 3 N–H and O–H groups in total. The van der Waals surface area contributed by atoms with Crippen LogP contribution in [0.4, 0.5) is 10.5 Å². The monoisotopic (exact) mass is 311 g/mol. The highest BCUT2D eigenvalue weighted by molar-refractivity contribution is 8.79. The van der Waals surface area contributed by atoms with Gasteiger partial charge in [-0.05, 0) is 36.4 Å². The molecule has 20 heavy (non-hydrogen) atoms. The Morgan fingerprint density at radius 1 is 1.15 bits per heavy atom. The number of ether oxygens (including phenoxy) is 1. The van der Waals surface area contributed by atoms with E-state index >= 15 is 0 Å². The second-order valence-corrected chi connectivity index (χ2v) is 6.22. The van der Waals surface area contributed by atoms with E-state index in [0.717, 1.165) is 9.81 Å². The number of phenolic OH excluding ortho intramolecular Hbond substituents is 1. The van der Waals surface area contributed by atoms with E-state index < -0.39 is 6.09 Å². The van der Waals surface area contributed by atoms with Gasteiger partial charge in [0.25, 0.3) is 0 Å². The van der Waals surface area contributed by atoms with Crippen LogP contribution >= 0.6 is 21.6 Å². The quantitative estimate of drug-likeness (QED) is 0.586. The smallest absolute Gasteiger partial charge is 0.411 e. The van der Waals surface area contributed by atoms with Crippen molar-refractivity contribution in [3.05, 3.63) is 46.2 Å². The Balaban J connectivity index is 1.80. The molecule has 0 bridgehead atoms. The van der Waals surface area contributed by atoms with E-state index in [1.165, 1.54) is 33.7 Å². The summed E-state index contributed by atoms with van der Waals surface area (Å²) in [6, 6.07) is 6.12. The fraction of sp³-hybridized carbons (Fsp3) is 0.154. The lowest BCUT2D eigenvalue weighted by molar-refractivity contribution is 0.173.